The van der Waals surface area contributed by atoms with E-state index in [9.17, 15) is 14.4 Å². The number of hydrogen-bond donors (Lipinski definition) is 1. The molecule has 1 aromatic rings. The number of likely N-dealkylation sites (tertiary alicyclic amines) is 1. The third kappa shape index (κ3) is 4.65. The van der Waals surface area contributed by atoms with Gasteiger partial charge in [0, 0.05) is 38.4 Å². The Morgan fingerprint density at radius 1 is 1.07 bits per heavy atom. The van der Waals surface area contributed by atoms with Gasteiger partial charge in [0.1, 0.15) is 0 Å². The van der Waals surface area contributed by atoms with Crippen LogP contribution in [-0.2, 0) is 9.59 Å². The lowest BCUT2D eigenvalue weighted by molar-refractivity contribution is -0.132. The first kappa shape index (κ1) is 19.6. The Labute approximate surface area is 170 Å². The van der Waals surface area contributed by atoms with E-state index in [0.29, 0.717) is 25.4 Å². The molecule has 3 aliphatic rings. The fourth-order valence-corrected chi connectivity index (χ4v) is 6.06. The summed E-state index contributed by atoms with van der Waals surface area (Å²) in [5.41, 5.74) is 0. The highest BCUT2D eigenvalue weighted by Gasteiger charge is 2.40. The maximum Gasteiger partial charge on any atom is 0.223 e. The van der Waals surface area contributed by atoms with Crippen LogP contribution < -0.4 is 5.32 Å². The smallest absolute Gasteiger partial charge is 0.223 e. The van der Waals surface area contributed by atoms with Gasteiger partial charge in [0.15, 0.2) is 5.78 Å². The number of thiophene rings is 1. The van der Waals surface area contributed by atoms with Crippen LogP contribution in [0.15, 0.2) is 17.5 Å². The third-order valence-electron chi connectivity index (χ3n) is 6.91. The van der Waals surface area contributed by atoms with Gasteiger partial charge in [-0.05, 0) is 61.3 Å². The molecule has 2 saturated carbocycles. The molecular formula is C22H30N2O3S. The number of carbonyl (C=O) groups is 3. The number of piperidine rings is 1. The summed E-state index contributed by atoms with van der Waals surface area (Å²) in [6.07, 6.45) is 8.14. The molecule has 2 bridgehead atoms. The number of nitrogens with zero attached hydrogens (tertiary/aromatic N) is 1. The van der Waals surface area contributed by atoms with Crippen LogP contribution in [0.1, 0.15) is 67.5 Å². The first-order chi connectivity index (χ1) is 13.6. The van der Waals surface area contributed by atoms with Crippen LogP contribution in [0, 0.1) is 17.8 Å². The fourth-order valence-electron chi connectivity index (χ4n) is 5.36. The Morgan fingerprint density at radius 2 is 1.89 bits per heavy atom. The maximum absolute atomic E-state index is 12.4. The lowest BCUT2D eigenvalue weighted by atomic mass is 9.86. The molecule has 28 heavy (non-hydrogen) atoms. The molecule has 2 heterocycles. The number of ketones is 1. The Morgan fingerprint density at radius 3 is 2.54 bits per heavy atom. The monoisotopic (exact) mass is 402 g/mol. The summed E-state index contributed by atoms with van der Waals surface area (Å²) in [5.74, 6) is 2.56. The molecule has 0 spiro atoms. The van der Waals surface area contributed by atoms with Crippen LogP contribution in [-0.4, -0.2) is 41.6 Å². The largest absolute Gasteiger partial charge is 0.353 e. The zero-order valence-corrected chi connectivity index (χ0v) is 17.2. The number of amides is 2. The molecule has 2 amide bonds. The van der Waals surface area contributed by atoms with E-state index in [1.165, 1.54) is 37.0 Å². The summed E-state index contributed by atoms with van der Waals surface area (Å²) in [6.45, 7) is 1.34. The van der Waals surface area contributed by atoms with Crippen LogP contribution in [0.4, 0.5) is 0 Å². The molecule has 1 aliphatic heterocycles. The lowest BCUT2D eigenvalue weighted by Crippen LogP contribution is -2.47. The molecule has 152 valence electrons. The summed E-state index contributed by atoms with van der Waals surface area (Å²) < 4.78 is 0. The lowest BCUT2D eigenvalue weighted by Gasteiger charge is -2.33. The standard InChI is InChI=1S/C22H30N2O3S/c25-19(20-2-1-11-28-20)5-6-22(27)24-9-7-18(8-10-24)23-21(26)14-17-13-15-3-4-16(17)12-15/h1-2,11,15-18H,3-10,12-14H2,(H,23,26). The van der Waals surface area contributed by atoms with Crippen molar-refractivity contribution in [2.75, 3.05) is 13.1 Å². The molecule has 3 atom stereocenters. The van der Waals surface area contributed by atoms with Gasteiger partial charge in [-0.25, -0.2) is 0 Å². The summed E-state index contributed by atoms with van der Waals surface area (Å²) in [6, 6.07) is 3.85. The van der Waals surface area contributed by atoms with Gasteiger partial charge in [-0.3, -0.25) is 14.4 Å². The molecule has 3 unspecified atom stereocenters. The van der Waals surface area contributed by atoms with Crippen molar-refractivity contribution in [3.05, 3.63) is 22.4 Å². The number of fused-ring (bicyclic) bond motifs is 2. The van der Waals surface area contributed by atoms with Gasteiger partial charge in [-0.15, -0.1) is 11.3 Å². The number of carbonyl (C=O) groups excluding carboxylic acids is 3. The maximum atomic E-state index is 12.4. The topological polar surface area (TPSA) is 66.5 Å². The number of hydrogen-bond acceptors (Lipinski definition) is 4. The minimum Gasteiger partial charge on any atom is -0.353 e. The highest BCUT2D eigenvalue weighted by Crippen LogP contribution is 2.49. The quantitative estimate of drug-likeness (QED) is 0.708. The first-order valence-electron chi connectivity index (χ1n) is 10.7. The van der Waals surface area contributed by atoms with Crippen molar-refractivity contribution >= 4 is 28.9 Å². The van der Waals surface area contributed by atoms with Crippen molar-refractivity contribution in [3.8, 4) is 0 Å². The molecule has 5 nitrogen and oxygen atoms in total. The highest BCUT2D eigenvalue weighted by molar-refractivity contribution is 7.12. The second-order valence-electron chi connectivity index (χ2n) is 8.76. The summed E-state index contributed by atoms with van der Waals surface area (Å²) in [5, 5.41) is 5.08. The van der Waals surface area contributed by atoms with Crippen LogP contribution in [0.3, 0.4) is 0 Å². The van der Waals surface area contributed by atoms with Crippen molar-refractivity contribution in [2.45, 2.75) is 63.8 Å². The molecular weight excluding hydrogens is 372 g/mol. The Bertz CT molecular complexity index is 709. The summed E-state index contributed by atoms with van der Waals surface area (Å²) in [7, 11) is 0. The molecule has 0 aromatic carbocycles. The van der Waals surface area contributed by atoms with Gasteiger partial charge in [-0.2, -0.15) is 0 Å². The van der Waals surface area contributed by atoms with Crippen molar-refractivity contribution in [2.24, 2.45) is 17.8 Å². The van der Waals surface area contributed by atoms with E-state index in [4.69, 9.17) is 0 Å². The van der Waals surface area contributed by atoms with Crippen molar-refractivity contribution in [1.82, 2.24) is 10.2 Å². The van der Waals surface area contributed by atoms with E-state index in [-0.39, 0.29) is 36.5 Å². The number of Topliss-reactive ketones (excluding diaryl/α,β-unsaturated/α-hetero) is 1. The first-order valence-corrected chi connectivity index (χ1v) is 11.6. The predicted molar refractivity (Wildman–Crippen MR) is 109 cm³/mol. The van der Waals surface area contributed by atoms with Crippen LogP contribution in [0.25, 0.3) is 0 Å². The molecule has 1 aromatic heterocycles. The van der Waals surface area contributed by atoms with Crippen molar-refractivity contribution < 1.29 is 14.4 Å². The van der Waals surface area contributed by atoms with Gasteiger partial charge in [-0.1, -0.05) is 12.5 Å². The van der Waals surface area contributed by atoms with E-state index in [0.717, 1.165) is 29.6 Å². The van der Waals surface area contributed by atoms with E-state index >= 15 is 0 Å². The van der Waals surface area contributed by atoms with E-state index < -0.39 is 0 Å². The van der Waals surface area contributed by atoms with Gasteiger partial charge in [0.2, 0.25) is 11.8 Å². The fraction of sp³-hybridized carbons (Fsp3) is 0.682. The molecule has 2 aliphatic carbocycles. The Kier molecular flexibility index (Phi) is 6.14. The SMILES string of the molecule is O=C(CC1CC2CCC1C2)NC1CCN(C(=O)CCC(=O)c2cccs2)CC1. The van der Waals surface area contributed by atoms with Crippen LogP contribution in [0.5, 0.6) is 0 Å². The Balaban J connectivity index is 1.14. The molecule has 6 heteroatoms. The zero-order valence-electron chi connectivity index (χ0n) is 16.4. The predicted octanol–water partition coefficient (Wildman–Crippen LogP) is 3.64. The number of rotatable bonds is 7. The zero-order chi connectivity index (χ0) is 19.5. The molecule has 1 saturated heterocycles. The molecule has 0 radical (unpaired) electrons. The number of nitrogens with one attached hydrogen (secondary N) is 1. The average Bonchev–Trinajstić information content (AvgIpc) is 3.44. The van der Waals surface area contributed by atoms with Gasteiger partial charge in [0.05, 0.1) is 4.88 Å². The summed E-state index contributed by atoms with van der Waals surface area (Å²) in [4.78, 5) is 39.4. The Hall–Kier alpha value is -1.69. The van der Waals surface area contributed by atoms with Crippen molar-refractivity contribution in [1.29, 1.82) is 0 Å². The minimum absolute atomic E-state index is 0.0473. The molecule has 3 fully saturated rings. The van der Waals surface area contributed by atoms with Crippen LogP contribution in [0.2, 0.25) is 0 Å². The highest BCUT2D eigenvalue weighted by atomic mass is 32.1. The van der Waals surface area contributed by atoms with Crippen LogP contribution >= 0.6 is 11.3 Å². The summed E-state index contributed by atoms with van der Waals surface area (Å²) >= 11 is 1.42. The van der Waals surface area contributed by atoms with Gasteiger partial charge >= 0.3 is 0 Å². The second-order valence-corrected chi connectivity index (χ2v) is 9.71. The molecule has 1 N–H and O–H groups in total. The minimum atomic E-state index is 0.0473. The van der Waals surface area contributed by atoms with E-state index in [2.05, 4.69) is 5.32 Å². The van der Waals surface area contributed by atoms with Gasteiger partial charge in [0.25, 0.3) is 0 Å². The average molecular weight is 403 g/mol. The molecule has 4 rings (SSSR count). The van der Waals surface area contributed by atoms with Gasteiger partial charge < -0.3 is 10.2 Å². The normalized spacial score (nSPS) is 27.1. The van der Waals surface area contributed by atoms with E-state index in [1.54, 1.807) is 0 Å². The second kappa shape index (κ2) is 8.76. The van der Waals surface area contributed by atoms with E-state index in [1.807, 2.05) is 22.4 Å². The third-order valence-corrected chi connectivity index (χ3v) is 7.82. The van der Waals surface area contributed by atoms with Crippen molar-refractivity contribution in [3.63, 3.8) is 0 Å².